The maximum absolute atomic E-state index is 12.4. The minimum Gasteiger partial charge on any atom is -0.486 e. The van der Waals surface area contributed by atoms with Crippen LogP contribution in [0.25, 0.3) is 0 Å². The standard InChI is InChI=1S/C25H28N4O4S/c1-5-14-29-22(15-33-21-12-8-18(9-13-21)17(2)3)27-28-25(29)34-16-23(30)26-20-10-6-19(7-11-20)24(31)32-4/h5-13,17H,1,14-16H2,2-4H3,(H,26,30). The molecule has 9 heteroatoms. The van der Waals surface area contributed by atoms with Gasteiger partial charge in [-0.05, 0) is 47.9 Å². The Bertz CT molecular complexity index is 1120. The van der Waals surface area contributed by atoms with Crippen molar-refractivity contribution in [1.29, 1.82) is 0 Å². The molecule has 0 atom stereocenters. The molecule has 0 fully saturated rings. The predicted octanol–water partition coefficient (Wildman–Crippen LogP) is 4.68. The van der Waals surface area contributed by atoms with Crippen molar-refractivity contribution in [3.05, 3.63) is 78.1 Å². The summed E-state index contributed by atoms with van der Waals surface area (Å²) >= 11 is 1.27. The number of anilines is 1. The van der Waals surface area contributed by atoms with Crippen molar-refractivity contribution in [1.82, 2.24) is 14.8 Å². The Labute approximate surface area is 203 Å². The lowest BCUT2D eigenvalue weighted by Crippen LogP contribution is -2.15. The van der Waals surface area contributed by atoms with Crippen molar-refractivity contribution in [2.24, 2.45) is 0 Å². The molecule has 0 spiro atoms. The Morgan fingerprint density at radius 2 is 1.82 bits per heavy atom. The van der Waals surface area contributed by atoms with Crippen molar-refractivity contribution in [2.45, 2.75) is 38.1 Å². The van der Waals surface area contributed by atoms with Crippen LogP contribution in [-0.4, -0.2) is 39.5 Å². The van der Waals surface area contributed by atoms with Crippen molar-refractivity contribution in [3.63, 3.8) is 0 Å². The topological polar surface area (TPSA) is 95.3 Å². The number of aromatic nitrogens is 3. The Kier molecular flexibility index (Phi) is 8.86. The fourth-order valence-corrected chi connectivity index (χ4v) is 3.84. The lowest BCUT2D eigenvalue weighted by molar-refractivity contribution is -0.113. The molecule has 0 aliphatic heterocycles. The van der Waals surface area contributed by atoms with Crippen LogP contribution in [0.2, 0.25) is 0 Å². The van der Waals surface area contributed by atoms with E-state index >= 15 is 0 Å². The van der Waals surface area contributed by atoms with Gasteiger partial charge in [-0.3, -0.25) is 9.36 Å². The molecule has 1 heterocycles. The van der Waals surface area contributed by atoms with Gasteiger partial charge in [0.1, 0.15) is 12.4 Å². The van der Waals surface area contributed by atoms with E-state index in [2.05, 4.69) is 52.8 Å². The zero-order valence-corrected chi connectivity index (χ0v) is 20.3. The van der Waals surface area contributed by atoms with E-state index in [1.54, 1.807) is 30.3 Å². The zero-order chi connectivity index (χ0) is 24.5. The van der Waals surface area contributed by atoms with Crippen molar-refractivity contribution in [3.8, 4) is 5.75 Å². The Morgan fingerprint density at radius 3 is 2.44 bits per heavy atom. The number of nitrogens with one attached hydrogen (secondary N) is 1. The van der Waals surface area contributed by atoms with Gasteiger partial charge < -0.3 is 14.8 Å². The number of amides is 1. The molecule has 0 unspecified atom stereocenters. The summed E-state index contributed by atoms with van der Waals surface area (Å²) < 4.78 is 12.4. The largest absolute Gasteiger partial charge is 0.486 e. The van der Waals surface area contributed by atoms with Crippen LogP contribution >= 0.6 is 11.8 Å². The van der Waals surface area contributed by atoms with Crippen LogP contribution in [0.15, 0.2) is 66.3 Å². The molecule has 2 aromatic carbocycles. The highest BCUT2D eigenvalue weighted by Crippen LogP contribution is 2.21. The molecule has 178 valence electrons. The second-order valence-electron chi connectivity index (χ2n) is 7.72. The SMILES string of the molecule is C=CCn1c(COc2ccc(C(C)C)cc2)nnc1SCC(=O)Nc1ccc(C(=O)OC)cc1. The molecule has 0 saturated carbocycles. The summed E-state index contributed by atoms with van der Waals surface area (Å²) in [5, 5.41) is 11.9. The van der Waals surface area contributed by atoms with Gasteiger partial charge >= 0.3 is 5.97 Å². The number of rotatable bonds is 11. The van der Waals surface area contributed by atoms with Gasteiger partial charge in [-0.2, -0.15) is 0 Å². The maximum atomic E-state index is 12.4. The van der Waals surface area contributed by atoms with Crippen molar-refractivity contribution >= 4 is 29.3 Å². The summed E-state index contributed by atoms with van der Waals surface area (Å²) in [6.45, 7) is 8.84. The highest BCUT2D eigenvalue weighted by molar-refractivity contribution is 7.99. The molecule has 1 amide bonds. The third-order valence-corrected chi connectivity index (χ3v) is 5.91. The number of hydrogen-bond donors (Lipinski definition) is 1. The molecule has 1 N–H and O–H groups in total. The van der Waals surface area contributed by atoms with Crippen LogP contribution in [0.3, 0.4) is 0 Å². The van der Waals surface area contributed by atoms with Crippen LogP contribution in [-0.2, 0) is 22.7 Å². The number of methoxy groups -OCH3 is 1. The average Bonchev–Trinajstić information content (AvgIpc) is 3.23. The minimum atomic E-state index is -0.428. The van der Waals surface area contributed by atoms with Crippen LogP contribution in [0.1, 0.15) is 41.5 Å². The number of ether oxygens (including phenoxy) is 2. The first-order valence-corrected chi connectivity index (χ1v) is 11.8. The first-order chi connectivity index (χ1) is 16.4. The molecular formula is C25H28N4O4S. The first-order valence-electron chi connectivity index (χ1n) is 10.8. The summed E-state index contributed by atoms with van der Waals surface area (Å²) in [5.41, 5.74) is 2.25. The average molecular weight is 481 g/mol. The molecule has 3 rings (SSSR count). The normalized spacial score (nSPS) is 10.7. The van der Waals surface area contributed by atoms with Crippen LogP contribution in [0.4, 0.5) is 5.69 Å². The van der Waals surface area contributed by atoms with E-state index in [1.165, 1.54) is 24.4 Å². The molecule has 0 radical (unpaired) electrons. The summed E-state index contributed by atoms with van der Waals surface area (Å²) in [6.07, 6.45) is 1.75. The molecule has 0 aliphatic rings. The number of benzene rings is 2. The summed E-state index contributed by atoms with van der Waals surface area (Å²) in [6, 6.07) is 14.5. The summed E-state index contributed by atoms with van der Waals surface area (Å²) in [5.74, 6) is 1.37. The highest BCUT2D eigenvalue weighted by Gasteiger charge is 2.15. The molecule has 34 heavy (non-hydrogen) atoms. The van der Waals surface area contributed by atoms with Gasteiger partial charge in [0, 0.05) is 12.2 Å². The number of carbonyl (C=O) groups is 2. The number of carbonyl (C=O) groups excluding carboxylic acids is 2. The van der Waals surface area contributed by atoms with Crippen molar-refractivity contribution in [2.75, 3.05) is 18.2 Å². The molecule has 0 saturated heterocycles. The van der Waals surface area contributed by atoms with Gasteiger partial charge in [0.2, 0.25) is 5.91 Å². The Hall–Kier alpha value is -3.59. The molecular weight excluding hydrogens is 452 g/mol. The number of hydrogen-bond acceptors (Lipinski definition) is 7. The fraction of sp³-hybridized carbons (Fsp3) is 0.280. The van der Waals surface area contributed by atoms with E-state index in [1.807, 2.05) is 16.7 Å². The quantitative estimate of drug-likeness (QED) is 0.242. The van der Waals surface area contributed by atoms with Crippen LogP contribution in [0.5, 0.6) is 5.75 Å². The molecule has 0 aliphatic carbocycles. The monoisotopic (exact) mass is 480 g/mol. The second kappa shape index (κ2) is 12.0. The van der Waals surface area contributed by atoms with Gasteiger partial charge in [0.05, 0.1) is 18.4 Å². The van der Waals surface area contributed by atoms with Crippen LogP contribution < -0.4 is 10.1 Å². The van der Waals surface area contributed by atoms with Gasteiger partial charge in [-0.15, -0.1) is 16.8 Å². The van der Waals surface area contributed by atoms with Gasteiger partial charge in [-0.1, -0.05) is 43.8 Å². The third kappa shape index (κ3) is 6.71. The number of nitrogens with zero attached hydrogens (tertiary/aromatic N) is 3. The van der Waals surface area contributed by atoms with Gasteiger partial charge in [0.25, 0.3) is 0 Å². The fourth-order valence-electron chi connectivity index (χ4n) is 3.08. The smallest absolute Gasteiger partial charge is 0.337 e. The zero-order valence-electron chi connectivity index (χ0n) is 19.5. The third-order valence-electron chi connectivity index (χ3n) is 4.94. The van der Waals surface area contributed by atoms with E-state index in [0.717, 1.165) is 5.75 Å². The number of allylic oxidation sites excluding steroid dienone is 1. The summed E-state index contributed by atoms with van der Waals surface area (Å²) in [7, 11) is 1.32. The molecule has 8 nitrogen and oxygen atoms in total. The highest BCUT2D eigenvalue weighted by atomic mass is 32.2. The van der Waals surface area contributed by atoms with E-state index in [0.29, 0.717) is 34.7 Å². The first kappa shape index (κ1) is 25.0. The van der Waals surface area contributed by atoms with Crippen LogP contribution in [0, 0.1) is 0 Å². The second-order valence-corrected chi connectivity index (χ2v) is 8.66. The van der Waals surface area contributed by atoms with Gasteiger partial charge in [0.15, 0.2) is 11.0 Å². The van der Waals surface area contributed by atoms with E-state index in [-0.39, 0.29) is 18.3 Å². The predicted molar refractivity (Wildman–Crippen MR) is 132 cm³/mol. The van der Waals surface area contributed by atoms with E-state index < -0.39 is 5.97 Å². The molecule has 0 bridgehead atoms. The lowest BCUT2D eigenvalue weighted by atomic mass is 10.0. The summed E-state index contributed by atoms with van der Waals surface area (Å²) in [4.78, 5) is 23.9. The van der Waals surface area contributed by atoms with Gasteiger partial charge in [-0.25, -0.2) is 4.79 Å². The van der Waals surface area contributed by atoms with Crippen molar-refractivity contribution < 1.29 is 19.1 Å². The Balaban J connectivity index is 1.57. The minimum absolute atomic E-state index is 0.144. The van der Waals surface area contributed by atoms with E-state index in [4.69, 9.17) is 4.74 Å². The molecule has 3 aromatic rings. The van der Waals surface area contributed by atoms with E-state index in [9.17, 15) is 9.59 Å². The maximum Gasteiger partial charge on any atom is 0.337 e. The lowest BCUT2D eigenvalue weighted by Gasteiger charge is -2.10. The number of esters is 1. The molecule has 1 aromatic heterocycles. The number of thioether (sulfide) groups is 1. The Morgan fingerprint density at radius 1 is 1.12 bits per heavy atom.